The molecule has 0 spiro atoms. The van der Waals surface area contributed by atoms with E-state index >= 15 is 0 Å². The van der Waals surface area contributed by atoms with Crippen molar-refractivity contribution in [1.82, 2.24) is 0 Å². The molecule has 0 aliphatic carbocycles. The first-order chi connectivity index (χ1) is 10.8. The van der Waals surface area contributed by atoms with Crippen molar-refractivity contribution in [2.75, 3.05) is 23.5 Å². The zero-order valence-corrected chi connectivity index (χ0v) is 15.3. The lowest BCUT2D eigenvalue weighted by Crippen LogP contribution is -2.27. The molecule has 0 bridgehead atoms. The first-order valence-electron chi connectivity index (χ1n) is 7.29. The maximum atomic E-state index is 11.6. The van der Waals surface area contributed by atoms with Crippen molar-refractivity contribution in [3.8, 4) is 0 Å². The predicted octanol–water partition coefficient (Wildman–Crippen LogP) is 4.08. The Bertz CT molecular complexity index is 816. The number of hydrogen-bond donors (Lipinski definition) is 0. The van der Waals surface area contributed by atoms with Gasteiger partial charge in [0.1, 0.15) is 5.76 Å². The number of sulfone groups is 1. The van der Waals surface area contributed by atoms with Gasteiger partial charge in [0.2, 0.25) is 14.9 Å². The number of benzene rings is 1. The topological polar surface area (TPSA) is 50.5 Å². The van der Waals surface area contributed by atoms with Crippen LogP contribution in [0.4, 0.5) is 5.69 Å². The largest absolute Gasteiger partial charge is 0.448 e. The summed E-state index contributed by atoms with van der Waals surface area (Å²) in [7, 11) is -3.32. The first-order valence-corrected chi connectivity index (χ1v) is 10.5. The van der Waals surface area contributed by atoms with Gasteiger partial charge in [0.05, 0.1) is 12.2 Å². The predicted molar refractivity (Wildman–Crippen MR) is 94.2 cm³/mol. The first kappa shape index (κ1) is 16.7. The highest BCUT2D eigenvalue weighted by atomic mass is 35.5. The Labute approximate surface area is 145 Å². The van der Waals surface area contributed by atoms with Crippen LogP contribution in [0, 0.1) is 5.92 Å². The van der Waals surface area contributed by atoms with Gasteiger partial charge in [-0.15, -0.1) is 11.8 Å². The SMILES string of the molecule is CC1CSc2ccc(Cl)cc2N(Cc2ccc(S(C)(=O)=O)o2)C1. The molecule has 2 heterocycles. The number of anilines is 1. The van der Waals surface area contributed by atoms with Gasteiger partial charge in [-0.05, 0) is 36.2 Å². The normalized spacial score (nSPS) is 18.6. The van der Waals surface area contributed by atoms with Crippen molar-refractivity contribution in [2.24, 2.45) is 5.92 Å². The van der Waals surface area contributed by atoms with Crippen LogP contribution in [-0.2, 0) is 16.4 Å². The summed E-state index contributed by atoms with van der Waals surface area (Å²) in [6.07, 6.45) is 1.15. The number of rotatable bonds is 3. The minimum Gasteiger partial charge on any atom is -0.448 e. The average molecular weight is 372 g/mol. The molecule has 0 saturated carbocycles. The second-order valence-electron chi connectivity index (χ2n) is 5.90. The number of hydrogen-bond acceptors (Lipinski definition) is 5. The lowest BCUT2D eigenvalue weighted by Gasteiger charge is -2.25. The molecule has 1 aromatic carbocycles. The molecular weight excluding hydrogens is 354 g/mol. The molecule has 2 aromatic rings. The molecule has 1 atom stereocenters. The van der Waals surface area contributed by atoms with E-state index in [1.165, 1.54) is 11.0 Å². The van der Waals surface area contributed by atoms with Crippen LogP contribution < -0.4 is 4.90 Å². The smallest absolute Gasteiger partial charge is 0.217 e. The Morgan fingerprint density at radius 2 is 2.13 bits per heavy atom. The van der Waals surface area contributed by atoms with Crippen molar-refractivity contribution in [3.63, 3.8) is 0 Å². The fraction of sp³-hybridized carbons (Fsp3) is 0.375. The molecule has 7 heteroatoms. The van der Waals surface area contributed by atoms with Crippen molar-refractivity contribution in [2.45, 2.75) is 23.5 Å². The van der Waals surface area contributed by atoms with E-state index in [0.29, 0.717) is 23.2 Å². The third-order valence-electron chi connectivity index (χ3n) is 3.67. The van der Waals surface area contributed by atoms with Gasteiger partial charge in [-0.3, -0.25) is 0 Å². The van der Waals surface area contributed by atoms with Crippen LogP contribution >= 0.6 is 23.4 Å². The van der Waals surface area contributed by atoms with E-state index in [1.807, 2.05) is 30.0 Å². The lowest BCUT2D eigenvalue weighted by molar-refractivity contribution is 0.410. The van der Waals surface area contributed by atoms with Crippen molar-refractivity contribution < 1.29 is 12.8 Å². The highest BCUT2D eigenvalue weighted by molar-refractivity contribution is 7.99. The van der Waals surface area contributed by atoms with E-state index in [0.717, 1.165) is 24.2 Å². The molecule has 1 aliphatic heterocycles. The van der Waals surface area contributed by atoms with Gasteiger partial charge in [0, 0.05) is 28.5 Å². The van der Waals surface area contributed by atoms with Gasteiger partial charge in [0.15, 0.2) is 0 Å². The molecule has 0 N–H and O–H groups in total. The highest BCUT2D eigenvalue weighted by Gasteiger charge is 2.22. The number of nitrogens with zero attached hydrogens (tertiary/aromatic N) is 1. The zero-order valence-electron chi connectivity index (χ0n) is 13.0. The standard InChI is InChI=1S/C16H18ClNO3S2/c1-11-8-18(9-13-4-6-16(21-13)23(2,19)20)14-7-12(17)3-5-15(14)22-10-11/h3-7,11H,8-10H2,1-2H3. The molecule has 23 heavy (non-hydrogen) atoms. The van der Waals surface area contributed by atoms with E-state index in [-0.39, 0.29) is 5.09 Å². The average Bonchev–Trinajstić information content (AvgIpc) is 2.88. The molecule has 1 aromatic heterocycles. The van der Waals surface area contributed by atoms with Crippen molar-refractivity contribution in [1.29, 1.82) is 0 Å². The summed E-state index contributed by atoms with van der Waals surface area (Å²) in [5, 5.41) is 0.705. The van der Waals surface area contributed by atoms with E-state index < -0.39 is 9.84 Å². The molecule has 0 fully saturated rings. The monoisotopic (exact) mass is 371 g/mol. The Kier molecular flexibility index (Phi) is 4.67. The summed E-state index contributed by atoms with van der Waals surface area (Å²) in [5.74, 6) is 2.18. The molecular formula is C16H18ClNO3S2. The lowest BCUT2D eigenvalue weighted by atomic mass is 10.2. The van der Waals surface area contributed by atoms with Gasteiger partial charge in [-0.2, -0.15) is 0 Å². The summed E-state index contributed by atoms with van der Waals surface area (Å²) < 4.78 is 28.6. The van der Waals surface area contributed by atoms with Crippen LogP contribution in [-0.4, -0.2) is 27.0 Å². The van der Waals surface area contributed by atoms with Crippen molar-refractivity contribution in [3.05, 3.63) is 41.1 Å². The zero-order chi connectivity index (χ0) is 16.6. The number of halogens is 1. The Morgan fingerprint density at radius 1 is 1.35 bits per heavy atom. The summed E-state index contributed by atoms with van der Waals surface area (Å²) in [4.78, 5) is 3.39. The summed E-state index contributed by atoms with van der Waals surface area (Å²) in [5.41, 5.74) is 1.07. The minimum absolute atomic E-state index is 0.0102. The Balaban J connectivity index is 1.92. The van der Waals surface area contributed by atoms with Crippen LogP contribution in [0.2, 0.25) is 5.02 Å². The third kappa shape index (κ3) is 3.87. The van der Waals surface area contributed by atoms with Gasteiger partial charge in [-0.1, -0.05) is 18.5 Å². The summed E-state index contributed by atoms with van der Waals surface area (Å²) >= 11 is 7.98. The molecule has 4 nitrogen and oxygen atoms in total. The molecule has 0 radical (unpaired) electrons. The van der Waals surface area contributed by atoms with Crippen LogP contribution in [0.1, 0.15) is 12.7 Å². The second kappa shape index (κ2) is 6.42. The maximum Gasteiger partial charge on any atom is 0.217 e. The van der Waals surface area contributed by atoms with E-state index in [4.69, 9.17) is 16.0 Å². The van der Waals surface area contributed by atoms with Crippen LogP contribution in [0.25, 0.3) is 0 Å². The second-order valence-corrected chi connectivity index (χ2v) is 9.35. The fourth-order valence-electron chi connectivity index (χ4n) is 2.60. The quantitative estimate of drug-likeness (QED) is 0.813. The van der Waals surface area contributed by atoms with Gasteiger partial charge < -0.3 is 9.32 Å². The molecule has 124 valence electrons. The molecule has 0 saturated heterocycles. The van der Waals surface area contributed by atoms with Crippen molar-refractivity contribution >= 4 is 38.9 Å². The van der Waals surface area contributed by atoms with Gasteiger partial charge >= 0.3 is 0 Å². The number of fused-ring (bicyclic) bond motifs is 1. The highest BCUT2D eigenvalue weighted by Crippen LogP contribution is 2.38. The minimum atomic E-state index is -3.32. The number of thioether (sulfide) groups is 1. The third-order valence-corrected chi connectivity index (χ3v) is 6.24. The van der Waals surface area contributed by atoms with Crippen LogP contribution in [0.15, 0.2) is 44.7 Å². The number of furan rings is 1. The van der Waals surface area contributed by atoms with Crippen LogP contribution in [0.5, 0.6) is 0 Å². The molecule has 0 amide bonds. The summed E-state index contributed by atoms with van der Waals surface area (Å²) in [6.45, 7) is 3.60. The maximum absolute atomic E-state index is 11.6. The van der Waals surface area contributed by atoms with E-state index in [9.17, 15) is 8.42 Å². The summed E-state index contributed by atoms with van der Waals surface area (Å²) in [6, 6.07) is 9.14. The Hall–Kier alpha value is -1.11. The van der Waals surface area contributed by atoms with Crippen LogP contribution in [0.3, 0.4) is 0 Å². The van der Waals surface area contributed by atoms with E-state index in [1.54, 1.807) is 6.07 Å². The molecule has 1 aliphatic rings. The van der Waals surface area contributed by atoms with Gasteiger partial charge in [-0.25, -0.2) is 8.42 Å². The molecule has 1 unspecified atom stereocenters. The van der Waals surface area contributed by atoms with E-state index in [2.05, 4.69) is 11.8 Å². The molecule has 3 rings (SSSR count). The Morgan fingerprint density at radius 3 is 2.83 bits per heavy atom. The van der Waals surface area contributed by atoms with Gasteiger partial charge in [0.25, 0.3) is 0 Å². The fourth-order valence-corrected chi connectivity index (χ4v) is 4.41.